The number of aliphatic hydroxyl groups excluding tert-OH is 1. The maximum Gasteiger partial charge on any atom is 0.131 e. The van der Waals surface area contributed by atoms with Gasteiger partial charge in [0.25, 0.3) is 0 Å². The Morgan fingerprint density at radius 3 is 2.71 bits per heavy atom. The summed E-state index contributed by atoms with van der Waals surface area (Å²) in [6.07, 6.45) is 1.93. The molecule has 3 aromatic rings. The summed E-state index contributed by atoms with van der Waals surface area (Å²) in [5.74, 6) is 0.227. The standard InChI is InChI=1S/C17H16FNO2/c1-21-15-5-4-14(16(18)9-15)10-19-7-6-13-3-2-12(11-20)8-17(13)19/h2-9,20H,10-11H2,1H3. The van der Waals surface area contributed by atoms with Crippen molar-refractivity contribution in [2.75, 3.05) is 7.11 Å². The first-order valence-electron chi connectivity index (χ1n) is 6.72. The van der Waals surface area contributed by atoms with Crippen molar-refractivity contribution in [1.82, 2.24) is 4.57 Å². The van der Waals surface area contributed by atoms with E-state index in [1.807, 2.05) is 35.0 Å². The molecule has 0 unspecified atom stereocenters. The van der Waals surface area contributed by atoms with Crippen molar-refractivity contribution in [3.8, 4) is 5.75 Å². The molecule has 0 bridgehead atoms. The van der Waals surface area contributed by atoms with Crippen LogP contribution in [-0.2, 0) is 13.2 Å². The number of methoxy groups -OCH3 is 1. The number of hydrogen-bond donors (Lipinski definition) is 1. The van der Waals surface area contributed by atoms with Crippen molar-refractivity contribution < 1.29 is 14.2 Å². The van der Waals surface area contributed by atoms with Gasteiger partial charge < -0.3 is 14.4 Å². The van der Waals surface area contributed by atoms with Gasteiger partial charge in [0, 0.05) is 23.3 Å². The topological polar surface area (TPSA) is 34.4 Å². The number of aromatic nitrogens is 1. The van der Waals surface area contributed by atoms with Crippen LogP contribution in [0.15, 0.2) is 48.7 Å². The molecule has 0 aliphatic heterocycles. The fourth-order valence-corrected chi connectivity index (χ4v) is 2.43. The van der Waals surface area contributed by atoms with Crippen LogP contribution in [0.25, 0.3) is 10.9 Å². The maximum absolute atomic E-state index is 14.0. The van der Waals surface area contributed by atoms with Crippen molar-refractivity contribution >= 4 is 10.9 Å². The molecular formula is C17H16FNO2. The normalized spacial score (nSPS) is 11.0. The number of hydrogen-bond acceptors (Lipinski definition) is 2. The summed E-state index contributed by atoms with van der Waals surface area (Å²) in [4.78, 5) is 0. The van der Waals surface area contributed by atoms with Gasteiger partial charge in [0.1, 0.15) is 11.6 Å². The fraction of sp³-hybridized carbons (Fsp3) is 0.176. The van der Waals surface area contributed by atoms with Crippen LogP contribution in [0.2, 0.25) is 0 Å². The molecule has 2 aromatic carbocycles. The Kier molecular flexibility index (Phi) is 3.62. The Bertz CT molecular complexity index is 780. The zero-order chi connectivity index (χ0) is 14.8. The molecule has 1 heterocycles. The second-order valence-corrected chi connectivity index (χ2v) is 4.95. The minimum absolute atomic E-state index is 0.00197. The SMILES string of the molecule is COc1ccc(Cn2ccc3ccc(CO)cc32)c(F)c1. The lowest BCUT2D eigenvalue weighted by Gasteiger charge is -2.09. The minimum Gasteiger partial charge on any atom is -0.497 e. The second-order valence-electron chi connectivity index (χ2n) is 4.95. The summed E-state index contributed by atoms with van der Waals surface area (Å²) in [5.41, 5.74) is 2.43. The molecular weight excluding hydrogens is 269 g/mol. The van der Waals surface area contributed by atoms with E-state index in [0.29, 0.717) is 17.9 Å². The van der Waals surface area contributed by atoms with Crippen molar-refractivity contribution in [2.24, 2.45) is 0 Å². The highest BCUT2D eigenvalue weighted by atomic mass is 19.1. The summed E-state index contributed by atoms with van der Waals surface area (Å²) in [6.45, 7) is 0.437. The number of aliphatic hydroxyl groups is 1. The lowest BCUT2D eigenvalue weighted by Crippen LogP contribution is -2.01. The molecule has 0 atom stereocenters. The van der Waals surface area contributed by atoms with E-state index < -0.39 is 0 Å². The van der Waals surface area contributed by atoms with Gasteiger partial charge in [-0.05, 0) is 29.1 Å². The lowest BCUT2D eigenvalue weighted by atomic mass is 10.1. The molecule has 0 aliphatic carbocycles. The van der Waals surface area contributed by atoms with Crippen LogP contribution in [0.1, 0.15) is 11.1 Å². The second kappa shape index (κ2) is 5.58. The highest BCUT2D eigenvalue weighted by molar-refractivity contribution is 5.80. The molecule has 4 heteroatoms. The Balaban J connectivity index is 1.98. The third-order valence-electron chi connectivity index (χ3n) is 3.62. The Labute approximate surface area is 122 Å². The molecule has 0 amide bonds. The number of rotatable bonds is 4. The van der Waals surface area contributed by atoms with Crippen LogP contribution < -0.4 is 4.74 Å². The molecule has 1 N–H and O–H groups in total. The van der Waals surface area contributed by atoms with Gasteiger partial charge in [-0.2, -0.15) is 0 Å². The molecule has 0 aliphatic rings. The van der Waals surface area contributed by atoms with Crippen molar-refractivity contribution in [3.63, 3.8) is 0 Å². The summed E-state index contributed by atoms with van der Waals surface area (Å²) < 4.78 is 21.0. The zero-order valence-electron chi connectivity index (χ0n) is 11.7. The van der Waals surface area contributed by atoms with Gasteiger partial charge in [0.2, 0.25) is 0 Å². The smallest absolute Gasteiger partial charge is 0.131 e. The molecule has 1 aromatic heterocycles. The number of benzene rings is 2. The number of halogens is 1. The average Bonchev–Trinajstić information content (AvgIpc) is 2.91. The first-order valence-corrected chi connectivity index (χ1v) is 6.72. The van der Waals surface area contributed by atoms with E-state index >= 15 is 0 Å². The molecule has 0 saturated carbocycles. The van der Waals surface area contributed by atoms with Crippen LogP contribution in [0.4, 0.5) is 4.39 Å². The van der Waals surface area contributed by atoms with Crippen LogP contribution in [-0.4, -0.2) is 16.8 Å². The first kappa shape index (κ1) is 13.6. The third-order valence-corrected chi connectivity index (χ3v) is 3.62. The predicted octanol–water partition coefficient (Wildman–Crippen LogP) is 3.33. The van der Waals surface area contributed by atoms with Gasteiger partial charge in [0.15, 0.2) is 0 Å². The van der Waals surface area contributed by atoms with E-state index in [-0.39, 0.29) is 12.4 Å². The van der Waals surface area contributed by atoms with Crippen molar-refractivity contribution in [2.45, 2.75) is 13.2 Å². The summed E-state index contributed by atoms with van der Waals surface area (Å²) in [7, 11) is 1.52. The summed E-state index contributed by atoms with van der Waals surface area (Å²) in [5, 5.41) is 10.3. The van der Waals surface area contributed by atoms with Gasteiger partial charge in [0.05, 0.1) is 20.3 Å². The first-order chi connectivity index (χ1) is 10.2. The molecule has 0 spiro atoms. The molecule has 21 heavy (non-hydrogen) atoms. The minimum atomic E-state index is -0.283. The van der Waals surface area contributed by atoms with Crippen LogP contribution in [0.5, 0.6) is 5.75 Å². The number of ether oxygens (including phenoxy) is 1. The Morgan fingerprint density at radius 2 is 2.00 bits per heavy atom. The van der Waals surface area contributed by atoms with E-state index in [4.69, 9.17) is 4.74 Å². The molecule has 0 saturated heterocycles. The lowest BCUT2D eigenvalue weighted by molar-refractivity contribution is 0.282. The molecule has 3 nitrogen and oxygen atoms in total. The zero-order valence-corrected chi connectivity index (χ0v) is 11.7. The maximum atomic E-state index is 14.0. The van der Waals surface area contributed by atoms with Gasteiger partial charge in [-0.3, -0.25) is 0 Å². The van der Waals surface area contributed by atoms with Crippen molar-refractivity contribution in [3.05, 3.63) is 65.6 Å². The van der Waals surface area contributed by atoms with Gasteiger partial charge in [-0.1, -0.05) is 18.2 Å². The number of nitrogens with zero attached hydrogens (tertiary/aromatic N) is 1. The quantitative estimate of drug-likeness (QED) is 0.798. The Morgan fingerprint density at radius 1 is 1.14 bits per heavy atom. The molecule has 108 valence electrons. The Hall–Kier alpha value is -2.33. The van der Waals surface area contributed by atoms with Crippen LogP contribution >= 0.6 is 0 Å². The van der Waals surface area contributed by atoms with E-state index in [2.05, 4.69) is 0 Å². The molecule has 0 radical (unpaired) electrons. The van der Waals surface area contributed by atoms with E-state index in [0.717, 1.165) is 16.5 Å². The van der Waals surface area contributed by atoms with Gasteiger partial charge >= 0.3 is 0 Å². The number of fused-ring (bicyclic) bond motifs is 1. The van der Waals surface area contributed by atoms with Crippen LogP contribution in [0.3, 0.4) is 0 Å². The summed E-state index contributed by atoms with van der Waals surface area (Å²) in [6, 6.07) is 12.6. The highest BCUT2D eigenvalue weighted by Gasteiger charge is 2.07. The fourth-order valence-electron chi connectivity index (χ4n) is 2.43. The predicted molar refractivity (Wildman–Crippen MR) is 79.9 cm³/mol. The summed E-state index contributed by atoms with van der Waals surface area (Å²) >= 11 is 0. The van der Waals surface area contributed by atoms with Crippen LogP contribution in [0, 0.1) is 5.82 Å². The van der Waals surface area contributed by atoms with Gasteiger partial charge in [-0.15, -0.1) is 0 Å². The third kappa shape index (κ3) is 2.62. The highest BCUT2D eigenvalue weighted by Crippen LogP contribution is 2.22. The van der Waals surface area contributed by atoms with Gasteiger partial charge in [-0.25, -0.2) is 4.39 Å². The molecule has 3 rings (SSSR count). The molecule has 0 fully saturated rings. The average molecular weight is 285 g/mol. The monoisotopic (exact) mass is 285 g/mol. The largest absolute Gasteiger partial charge is 0.497 e. The van der Waals surface area contributed by atoms with E-state index in [1.165, 1.54) is 13.2 Å². The van der Waals surface area contributed by atoms with E-state index in [1.54, 1.807) is 12.1 Å². The van der Waals surface area contributed by atoms with E-state index in [9.17, 15) is 9.50 Å². The van der Waals surface area contributed by atoms with Crippen molar-refractivity contribution in [1.29, 1.82) is 0 Å².